The Morgan fingerprint density at radius 2 is 2.00 bits per heavy atom. The Bertz CT molecular complexity index is 659. The summed E-state index contributed by atoms with van der Waals surface area (Å²) in [6, 6.07) is 9.24. The number of aromatic nitrogens is 1. The highest BCUT2D eigenvalue weighted by atomic mass is 32.1. The quantitative estimate of drug-likeness (QED) is 0.532. The van der Waals surface area contributed by atoms with Gasteiger partial charge in [0, 0.05) is 18.0 Å². The minimum atomic E-state index is 0.249. The summed E-state index contributed by atoms with van der Waals surface area (Å²) in [7, 11) is 0. The fraction of sp³-hybridized carbons (Fsp3) is 0.0714. The average molecular weight is 285 g/mol. The monoisotopic (exact) mass is 285 g/mol. The van der Waals surface area contributed by atoms with Gasteiger partial charge < -0.3 is 9.47 Å². The zero-order valence-electron chi connectivity index (χ0n) is 10.4. The van der Waals surface area contributed by atoms with E-state index in [0.717, 1.165) is 16.9 Å². The van der Waals surface area contributed by atoms with Crippen LogP contribution in [0.2, 0.25) is 0 Å². The lowest BCUT2D eigenvalue weighted by Crippen LogP contribution is -2.16. The van der Waals surface area contributed by atoms with E-state index in [1.54, 1.807) is 18.6 Å². The maximum atomic E-state index is 5.31. The van der Waals surface area contributed by atoms with Crippen molar-refractivity contribution in [3.8, 4) is 11.5 Å². The van der Waals surface area contributed by atoms with Gasteiger partial charge in [0.2, 0.25) is 6.79 Å². The predicted octanol–water partition coefficient (Wildman–Crippen LogP) is 2.11. The van der Waals surface area contributed by atoms with Gasteiger partial charge in [0.25, 0.3) is 0 Å². The molecule has 0 fully saturated rings. The van der Waals surface area contributed by atoms with E-state index in [2.05, 4.69) is 15.5 Å². The van der Waals surface area contributed by atoms with Crippen LogP contribution in [-0.4, -0.2) is 23.0 Å². The fourth-order valence-electron chi connectivity index (χ4n) is 1.72. The Balaban J connectivity index is 1.66. The fourth-order valence-corrected chi connectivity index (χ4v) is 1.90. The van der Waals surface area contributed by atoms with Gasteiger partial charge in [0.05, 0.1) is 6.21 Å². The minimum absolute atomic E-state index is 0.249. The molecule has 5 nitrogen and oxygen atoms in total. The van der Waals surface area contributed by atoms with Crippen molar-refractivity contribution in [2.45, 2.75) is 0 Å². The second-order valence-corrected chi connectivity index (χ2v) is 4.46. The first kappa shape index (κ1) is 12.6. The topological polar surface area (TPSA) is 55.7 Å². The minimum Gasteiger partial charge on any atom is -0.454 e. The molecule has 0 radical (unpaired) electrons. The normalized spacial score (nSPS) is 12.6. The van der Waals surface area contributed by atoms with Crippen LogP contribution >= 0.6 is 12.2 Å². The number of hydrogen-bond donors (Lipinski definition) is 1. The first-order valence-corrected chi connectivity index (χ1v) is 6.37. The molecule has 6 heteroatoms. The van der Waals surface area contributed by atoms with Crippen molar-refractivity contribution in [1.82, 2.24) is 10.4 Å². The van der Waals surface area contributed by atoms with Crippen molar-refractivity contribution in [2.24, 2.45) is 5.10 Å². The van der Waals surface area contributed by atoms with Crippen LogP contribution in [0.1, 0.15) is 11.1 Å². The lowest BCUT2D eigenvalue weighted by Gasteiger charge is -2.04. The lowest BCUT2D eigenvalue weighted by atomic mass is 10.2. The standard InChI is InChI=1S/C14H11N3O2S/c20-14(17-16-8-10-3-5-15-6-4-10)11-1-2-12-13(7-11)19-9-18-12/h1-8H,9H2,(H,17,20)/b16-8+. The Morgan fingerprint density at radius 1 is 1.20 bits per heavy atom. The van der Waals surface area contributed by atoms with Gasteiger partial charge in [-0.05, 0) is 35.9 Å². The molecule has 0 spiro atoms. The average Bonchev–Trinajstić information content (AvgIpc) is 2.95. The summed E-state index contributed by atoms with van der Waals surface area (Å²) in [6.07, 6.45) is 5.09. The Labute approximate surface area is 121 Å². The third-order valence-corrected chi connectivity index (χ3v) is 3.05. The maximum absolute atomic E-state index is 5.31. The molecule has 0 amide bonds. The molecule has 1 aromatic heterocycles. The van der Waals surface area contributed by atoms with E-state index in [9.17, 15) is 0 Å². The third kappa shape index (κ3) is 2.75. The van der Waals surface area contributed by atoms with Crippen LogP contribution in [0.15, 0.2) is 47.8 Å². The molecule has 0 unspecified atom stereocenters. The SMILES string of the molecule is S=C(N/N=C/c1ccncc1)c1ccc2c(c1)OCO2. The zero-order chi connectivity index (χ0) is 13.8. The van der Waals surface area contributed by atoms with Gasteiger partial charge in [0.15, 0.2) is 11.5 Å². The summed E-state index contributed by atoms with van der Waals surface area (Å²) >= 11 is 5.27. The molecule has 0 bridgehead atoms. The molecule has 3 rings (SSSR count). The van der Waals surface area contributed by atoms with Crippen LogP contribution in [0, 0.1) is 0 Å². The number of ether oxygens (including phenoxy) is 2. The highest BCUT2D eigenvalue weighted by molar-refractivity contribution is 7.80. The first-order chi connectivity index (χ1) is 9.83. The highest BCUT2D eigenvalue weighted by Crippen LogP contribution is 2.32. The molecule has 1 aromatic carbocycles. The summed E-state index contributed by atoms with van der Waals surface area (Å²) in [5.41, 5.74) is 4.60. The molecule has 2 aromatic rings. The number of hydrazone groups is 1. The Hall–Kier alpha value is -2.47. The number of hydrogen-bond acceptors (Lipinski definition) is 5. The van der Waals surface area contributed by atoms with Crippen molar-refractivity contribution >= 4 is 23.4 Å². The van der Waals surface area contributed by atoms with Gasteiger partial charge in [-0.2, -0.15) is 5.10 Å². The van der Waals surface area contributed by atoms with Gasteiger partial charge in [-0.15, -0.1) is 0 Å². The molecule has 0 saturated heterocycles. The van der Waals surface area contributed by atoms with Crippen LogP contribution < -0.4 is 14.9 Å². The summed E-state index contributed by atoms with van der Waals surface area (Å²) in [6.45, 7) is 0.249. The number of benzene rings is 1. The highest BCUT2D eigenvalue weighted by Gasteiger charge is 2.14. The molecule has 0 aliphatic carbocycles. The summed E-state index contributed by atoms with van der Waals surface area (Å²) in [4.78, 5) is 4.46. The summed E-state index contributed by atoms with van der Waals surface area (Å²) in [5, 5.41) is 4.10. The van der Waals surface area contributed by atoms with E-state index < -0.39 is 0 Å². The van der Waals surface area contributed by atoms with Gasteiger partial charge in [-0.1, -0.05) is 12.2 Å². The number of rotatable bonds is 3. The Kier molecular flexibility index (Phi) is 3.56. The molecule has 100 valence electrons. The van der Waals surface area contributed by atoms with E-state index in [1.165, 1.54) is 0 Å². The van der Waals surface area contributed by atoms with Gasteiger partial charge in [-0.3, -0.25) is 10.4 Å². The van der Waals surface area contributed by atoms with Crippen LogP contribution in [-0.2, 0) is 0 Å². The largest absolute Gasteiger partial charge is 0.454 e. The second-order valence-electron chi connectivity index (χ2n) is 4.05. The lowest BCUT2D eigenvalue weighted by molar-refractivity contribution is 0.174. The van der Waals surface area contributed by atoms with E-state index in [0.29, 0.717) is 10.7 Å². The van der Waals surface area contributed by atoms with Crippen molar-refractivity contribution in [3.63, 3.8) is 0 Å². The molecule has 1 aliphatic rings. The number of nitrogens with one attached hydrogen (secondary N) is 1. The first-order valence-electron chi connectivity index (χ1n) is 5.96. The van der Waals surface area contributed by atoms with Crippen LogP contribution in [0.5, 0.6) is 11.5 Å². The molecular weight excluding hydrogens is 274 g/mol. The molecule has 1 N–H and O–H groups in total. The van der Waals surface area contributed by atoms with E-state index in [1.807, 2.05) is 30.3 Å². The molecule has 0 atom stereocenters. The Morgan fingerprint density at radius 3 is 2.85 bits per heavy atom. The van der Waals surface area contributed by atoms with Crippen LogP contribution in [0.3, 0.4) is 0 Å². The smallest absolute Gasteiger partial charge is 0.231 e. The van der Waals surface area contributed by atoms with E-state index in [-0.39, 0.29) is 6.79 Å². The van der Waals surface area contributed by atoms with Gasteiger partial charge >= 0.3 is 0 Å². The number of fused-ring (bicyclic) bond motifs is 1. The van der Waals surface area contributed by atoms with Crippen molar-refractivity contribution in [3.05, 3.63) is 53.9 Å². The summed E-state index contributed by atoms with van der Waals surface area (Å²) in [5.74, 6) is 1.43. The van der Waals surface area contributed by atoms with Crippen LogP contribution in [0.25, 0.3) is 0 Å². The van der Waals surface area contributed by atoms with Crippen LogP contribution in [0.4, 0.5) is 0 Å². The number of pyridine rings is 1. The molecule has 0 saturated carbocycles. The number of nitrogens with zero attached hydrogens (tertiary/aromatic N) is 2. The van der Waals surface area contributed by atoms with Crippen molar-refractivity contribution < 1.29 is 9.47 Å². The number of thiocarbonyl (C=S) groups is 1. The van der Waals surface area contributed by atoms with Gasteiger partial charge in [0.1, 0.15) is 4.99 Å². The van der Waals surface area contributed by atoms with Crippen molar-refractivity contribution in [2.75, 3.05) is 6.79 Å². The van der Waals surface area contributed by atoms with Crippen molar-refractivity contribution in [1.29, 1.82) is 0 Å². The second kappa shape index (κ2) is 5.66. The summed E-state index contributed by atoms with van der Waals surface area (Å²) < 4.78 is 10.6. The maximum Gasteiger partial charge on any atom is 0.231 e. The molecule has 2 heterocycles. The van der Waals surface area contributed by atoms with E-state index >= 15 is 0 Å². The molecule has 20 heavy (non-hydrogen) atoms. The van der Waals surface area contributed by atoms with E-state index in [4.69, 9.17) is 21.7 Å². The molecule has 1 aliphatic heterocycles. The third-order valence-electron chi connectivity index (χ3n) is 2.72. The molecular formula is C14H11N3O2S. The predicted molar refractivity (Wildman–Crippen MR) is 79.2 cm³/mol. The van der Waals surface area contributed by atoms with Gasteiger partial charge in [-0.25, -0.2) is 0 Å². The zero-order valence-corrected chi connectivity index (χ0v) is 11.3.